The van der Waals surface area contributed by atoms with Crippen LogP contribution in [0.15, 0.2) is 78.0 Å². The highest BCUT2D eigenvalue weighted by Gasteiger charge is 2.20. The van der Waals surface area contributed by atoms with Gasteiger partial charge in [-0.3, -0.25) is 0 Å². The Morgan fingerprint density at radius 3 is 2.57 bits per heavy atom. The average molecular weight is 373 g/mol. The molecule has 0 unspecified atom stereocenters. The number of carbonyl (C=O) groups is 1. The highest BCUT2D eigenvalue weighted by Crippen LogP contribution is 2.30. The first kappa shape index (κ1) is 17.8. The molecule has 0 saturated carbocycles. The summed E-state index contributed by atoms with van der Waals surface area (Å²) in [6, 6.07) is 22.6. The zero-order chi connectivity index (χ0) is 19.3. The Labute approximate surface area is 163 Å². The average Bonchev–Trinajstić information content (AvgIpc) is 2.77. The number of hydrogen-bond donors (Lipinski definition) is 0. The Bertz CT molecular complexity index is 1030. The van der Waals surface area contributed by atoms with Gasteiger partial charge < -0.3 is 14.3 Å². The van der Waals surface area contributed by atoms with E-state index in [4.69, 9.17) is 14.3 Å². The van der Waals surface area contributed by atoms with E-state index in [0.717, 1.165) is 16.7 Å². The number of carbonyl (C=O) groups excluding carboxylic acids is 1. The Kier molecular flexibility index (Phi) is 5.06. The van der Waals surface area contributed by atoms with Gasteiger partial charge in [0.25, 0.3) is 0 Å². The number of benzene rings is 3. The Morgan fingerprint density at radius 1 is 0.964 bits per heavy atom. The fourth-order valence-corrected chi connectivity index (χ4v) is 3.15. The van der Waals surface area contributed by atoms with Crippen molar-refractivity contribution < 1.29 is 19.1 Å². The van der Waals surface area contributed by atoms with Crippen LogP contribution in [0.4, 0.5) is 0 Å². The summed E-state index contributed by atoms with van der Waals surface area (Å²) < 4.78 is 10.9. The van der Waals surface area contributed by atoms with Crippen LogP contribution in [-0.4, -0.2) is 25.4 Å². The zero-order valence-corrected chi connectivity index (χ0v) is 15.4. The molecule has 0 amide bonds. The van der Waals surface area contributed by atoms with Crippen molar-refractivity contribution in [1.82, 2.24) is 0 Å². The second-order valence-corrected chi connectivity index (χ2v) is 6.29. The second-order valence-electron chi connectivity index (χ2n) is 6.29. The molecule has 140 valence electrons. The van der Waals surface area contributed by atoms with E-state index in [2.05, 4.69) is 5.16 Å². The monoisotopic (exact) mass is 373 g/mol. The lowest BCUT2D eigenvalue weighted by Gasteiger charge is -2.19. The molecule has 0 bridgehead atoms. The molecule has 0 atom stereocenters. The summed E-state index contributed by atoms with van der Waals surface area (Å²) >= 11 is 0. The minimum absolute atomic E-state index is 0.469. The maximum absolute atomic E-state index is 12.7. The van der Waals surface area contributed by atoms with E-state index in [1.807, 2.05) is 60.7 Å². The van der Waals surface area contributed by atoms with Crippen LogP contribution in [0.1, 0.15) is 22.3 Å². The van der Waals surface area contributed by atoms with Crippen molar-refractivity contribution >= 4 is 11.7 Å². The van der Waals surface area contributed by atoms with Crippen molar-refractivity contribution in [2.24, 2.45) is 5.16 Å². The first-order valence-corrected chi connectivity index (χ1v) is 9.00. The lowest BCUT2D eigenvalue weighted by atomic mass is 10.00. The van der Waals surface area contributed by atoms with Gasteiger partial charge in [0.2, 0.25) is 0 Å². The molecule has 3 aromatic carbocycles. The van der Waals surface area contributed by atoms with Gasteiger partial charge in [0.15, 0.2) is 0 Å². The molecule has 0 aromatic heterocycles. The SMILES string of the molecule is COc1ccc2c(c1)OCCC2=NOC(=O)c1ccccc1-c1ccccc1. The van der Waals surface area contributed by atoms with Gasteiger partial charge in [-0.25, -0.2) is 4.79 Å². The number of nitrogens with zero attached hydrogens (tertiary/aromatic N) is 1. The lowest BCUT2D eigenvalue weighted by molar-refractivity contribution is 0.0515. The minimum Gasteiger partial charge on any atom is -0.497 e. The number of hydrogen-bond acceptors (Lipinski definition) is 5. The predicted molar refractivity (Wildman–Crippen MR) is 107 cm³/mol. The molecule has 1 heterocycles. The summed E-state index contributed by atoms with van der Waals surface area (Å²) in [6.45, 7) is 0.469. The molecular formula is C23H19NO4. The number of fused-ring (bicyclic) bond motifs is 1. The second kappa shape index (κ2) is 7.96. The van der Waals surface area contributed by atoms with Crippen LogP contribution in [0.3, 0.4) is 0 Å². The van der Waals surface area contributed by atoms with Gasteiger partial charge in [-0.15, -0.1) is 0 Å². The van der Waals surface area contributed by atoms with Crippen molar-refractivity contribution in [3.05, 3.63) is 83.9 Å². The van der Waals surface area contributed by atoms with E-state index < -0.39 is 5.97 Å². The molecule has 0 fully saturated rings. The van der Waals surface area contributed by atoms with Gasteiger partial charge in [0.05, 0.1) is 25.0 Å². The Balaban J connectivity index is 1.60. The molecule has 4 rings (SSSR count). The quantitative estimate of drug-likeness (QED) is 0.491. The smallest absolute Gasteiger partial charge is 0.366 e. The van der Waals surface area contributed by atoms with Crippen LogP contribution in [0, 0.1) is 0 Å². The van der Waals surface area contributed by atoms with Crippen LogP contribution in [-0.2, 0) is 4.84 Å². The maximum Gasteiger partial charge on any atom is 0.366 e. The standard InChI is InChI=1S/C23H19NO4/c1-26-17-11-12-20-21(13-14-27-22(20)15-17)24-28-23(25)19-10-6-5-9-18(19)16-7-3-2-4-8-16/h2-12,15H,13-14H2,1H3. The van der Waals surface area contributed by atoms with Crippen LogP contribution >= 0.6 is 0 Å². The molecule has 5 nitrogen and oxygen atoms in total. The largest absolute Gasteiger partial charge is 0.497 e. The van der Waals surface area contributed by atoms with Gasteiger partial charge in [-0.05, 0) is 29.3 Å². The van der Waals surface area contributed by atoms with Crippen molar-refractivity contribution in [3.63, 3.8) is 0 Å². The summed E-state index contributed by atoms with van der Waals surface area (Å²) in [4.78, 5) is 18.0. The fourth-order valence-electron chi connectivity index (χ4n) is 3.15. The molecule has 28 heavy (non-hydrogen) atoms. The highest BCUT2D eigenvalue weighted by molar-refractivity contribution is 6.04. The number of ether oxygens (including phenoxy) is 2. The molecule has 0 N–H and O–H groups in total. The third-order valence-corrected chi connectivity index (χ3v) is 4.57. The molecular weight excluding hydrogens is 354 g/mol. The van der Waals surface area contributed by atoms with Crippen molar-refractivity contribution in [2.75, 3.05) is 13.7 Å². The Morgan fingerprint density at radius 2 is 1.75 bits per heavy atom. The first-order valence-electron chi connectivity index (χ1n) is 9.00. The molecule has 0 radical (unpaired) electrons. The van der Waals surface area contributed by atoms with Gasteiger partial charge in [0, 0.05) is 18.1 Å². The normalized spacial score (nSPS) is 14.1. The molecule has 1 aliphatic rings. The summed E-state index contributed by atoms with van der Waals surface area (Å²) in [6.07, 6.45) is 0.562. The summed E-state index contributed by atoms with van der Waals surface area (Å²) in [7, 11) is 1.60. The predicted octanol–water partition coefficient (Wildman–Crippen LogP) is 4.71. The molecule has 0 aliphatic carbocycles. The molecule has 0 spiro atoms. The van der Waals surface area contributed by atoms with Gasteiger partial charge in [-0.1, -0.05) is 53.7 Å². The van der Waals surface area contributed by atoms with E-state index >= 15 is 0 Å². The minimum atomic E-state index is -0.492. The molecule has 5 heteroatoms. The van der Waals surface area contributed by atoms with Crippen LogP contribution in [0.5, 0.6) is 11.5 Å². The number of rotatable bonds is 4. The summed E-state index contributed by atoms with van der Waals surface area (Å²) in [5, 5.41) is 4.14. The number of oxime groups is 1. The van der Waals surface area contributed by atoms with E-state index in [1.54, 1.807) is 19.2 Å². The number of methoxy groups -OCH3 is 1. The van der Waals surface area contributed by atoms with E-state index in [-0.39, 0.29) is 0 Å². The van der Waals surface area contributed by atoms with Gasteiger partial charge >= 0.3 is 5.97 Å². The first-order chi connectivity index (χ1) is 13.8. The van der Waals surface area contributed by atoms with Crippen LogP contribution in [0.25, 0.3) is 11.1 Å². The molecule has 3 aromatic rings. The van der Waals surface area contributed by atoms with Gasteiger partial charge in [0.1, 0.15) is 11.5 Å². The topological polar surface area (TPSA) is 57.1 Å². The lowest BCUT2D eigenvalue weighted by Crippen LogP contribution is -2.17. The molecule has 1 aliphatic heterocycles. The van der Waals surface area contributed by atoms with Crippen molar-refractivity contribution in [1.29, 1.82) is 0 Å². The molecule has 0 saturated heterocycles. The summed E-state index contributed by atoms with van der Waals surface area (Å²) in [5.41, 5.74) is 3.71. The zero-order valence-electron chi connectivity index (χ0n) is 15.4. The maximum atomic E-state index is 12.7. The van der Waals surface area contributed by atoms with E-state index in [0.29, 0.717) is 35.8 Å². The Hall–Kier alpha value is -3.60. The summed E-state index contributed by atoms with van der Waals surface area (Å²) in [5.74, 6) is 0.882. The van der Waals surface area contributed by atoms with Crippen LogP contribution < -0.4 is 9.47 Å². The highest BCUT2D eigenvalue weighted by atomic mass is 16.7. The van der Waals surface area contributed by atoms with Crippen molar-refractivity contribution in [2.45, 2.75) is 6.42 Å². The fraction of sp³-hybridized carbons (Fsp3) is 0.130. The van der Waals surface area contributed by atoms with E-state index in [9.17, 15) is 4.79 Å². The van der Waals surface area contributed by atoms with E-state index in [1.165, 1.54) is 0 Å². The van der Waals surface area contributed by atoms with Crippen molar-refractivity contribution in [3.8, 4) is 22.6 Å². The van der Waals surface area contributed by atoms with Crippen LogP contribution in [0.2, 0.25) is 0 Å². The third kappa shape index (κ3) is 3.60. The third-order valence-electron chi connectivity index (χ3n) is 4.57. The van der Waals surface area contributed by atoms with Gasteiger partial charge in [-0.2, -0.15) is 0 Å².